The molecule has 0 aliphatic rings. The van der Waals surface area contributed by atoms with E-state index in [-0.39, 0.29) is 6.10 Å². The van der Waals surface area contributed by atoms with Crippen molar-refractivity contribution in [3.8, 4) is 11.5 Å². The first-order valence-corrected chi connectivity index (χ1v) is 4.47. The third-order valence-electron chi connectivity index (χ3n) is 2.23. The number of hydrogen-bond donors (Lipinski definition) is 0. The van der Waals surface area contributed by atoms with Crippen LogP contribution in [0.5, 0.6) is 11.5 Å². The Kier molecular flexibility index (Phi) is 3.77. The molecule has 0 aliphatic heterocycles. The molecule has 0 amide bonds. The average Bonchev–Trinajstić information content (AvgIpc) is 2.27. The van der Waals surface area contributed by atoms with E-state index in [1.807, 2.05) is 25.1 Å². The van der Waals surface area contributed by atoms with Crippen LogP contribution in [0.1, 0.15) is 18.6 Å². The van der Waals surface area contributed by atoms with E-state index in [0.29, 0.717) is 0 Å². The standard InChI is InChI=1S/C11H16O3/c1-8(12-2)10-6-5-9(13-3)7-11(10)14-4/h5-8H,1-4H3. The highest BCUT2D eigenvalue weighted by Crippen LogP contribution is 2.30. The fourth-order valence-electron chi connectivity index (χ4n) is 1.28. The van der Waals surface area contributed by atoms with Crippen LogP contribution in [-0.2, 0) is 4.74 Å². The second-order valence-corrected chi connectivity index (χ2v) is 2.99. The minimum Gasteiger partial charge on any atom is -0.497 e. The fraction of sp³-hybridized carbons (Fsp3) is 0.455. The highest BCUT2D eigenvalue weighted by molar-refractivity contribution is 5.41. The van der Waals surface area contributed by atoms with Gasteiger partial charge in [0.25, 0.3) is 0 Å². The normalized spacial score (nSPS) is 12.3. The number of rotatable bonds is 4. The molecule has 0 fully saturated rings. The molecule has 0 heterocycles. The summed E-state index contributed by atoms with van der Waals surface area (Å²) in [4.78, 5) is 0. The highest BCUT2D eigenvalue weighted by Gasteiger charge is 2.11. The molecule has 78 valence electrons. The molecule has 0 radical (unpaired) electrons. The minimum atomic E-state index is 0.0239. The zero-order chi connectivity index (χ0) is 10.6. The SMILES string of the molecule is COc1ccc(C(C)OC)c(OC)c1. The molecule has 3 nitrogen and oxygen atoms in total. The van der Waals surface area contributed by atoms with Crippen LogP contribution in [0.25, 0.3) is 0 Å². The monoisotopic (exact) mass is 196 g/mol. The Labute approximate surface area is 84.6 Å². The van der Waals surface area contributed by atoms with E-state index in [0.717, 1.165) is 17.1 Å². The highest BCUT2D eigenvalue weighted by atomic mass is 16.5. The number of ether oxygens (including phenoxy) is 3. The maximum Gasteiger partial charge on any atom is 0.128 e. The van der Waals surface area contributed by atoms with Crippen molar-refractivity contribution in [3.63, 3.8) is 0 Å². The van der Waals surface area contributed by atoms with Gasteiger partial charge in [0.1, 0.15) is 11.5 Å². The Hall–Kier alpha value is -1.22. The van der Waals surface area contributed by atoms with Crippen LogP contribution < -0.4 is 9.47 Å². The van der Waals surface area contributed by atoms with E-state index in [1.165, 1.54) is 0 Å². The van der Waals surface area contributed by atoms with Crippen molar-refractivity contribution < 1.29 is 14.2 Å². The predicted octanol–water partition coefficient (Wildman–Crippen LogP) is 2.41. The Morgan fingerprint density at radius 3 is 2.29 bits per heavy atom. The van der Waals surface area contributed by atoms with Crippen LogP contribution in [0.4, 0.5) is 0 Å². The molecule has 0 N–H and O–H groups in total. The first-order chi connectivity index (χ1) is 6.72. The molecule has 3 heteroatoms. The summed E-state index contributed by atoms with van der Waals surface area (Å²) >= 11 is 0. The second kappa shape index (κ2) is 4.86. The molecular weight excluding hydrogens is 180 g/mol. The van der Waals surface area contributed by atoms with Crippen LogP contribution in [0, 0.1) is 0 Å². The van der Waals surface area contributed by atoms with Crippen molar-refractivity contribution in [2.75, 3.05) is 21.3 Å². The number of methoxy groups -OCH3 is 3. The maximum absolute atomic E-state index is 5.25. The lowest BCUT2D eigenvalue weighted by atomic mass is 10.1. The molecular formula is C11H16O3. The fourth-order valence-corrected chi connectivity index (χ4v) is 1.28. The largest absolute Gasteiger partial charge is 0.497 e. The number of benzene rings is 1. The molecule has 0 saturated carbocycles. The molecule has 0 bridgehead atoms. The van der Waals surface area contributed by atoms with Gasteiger partial charge in [-0.15, -0.1) is 0 Å². The summed E-state index contributed by atoms with van der Waals surface area (Å²) in [5, 5.41) is 0. The Bertz CT molecular complexity index is 297. The van der Waals surface area contributed by atoms with Gasteiger partial charge < -0.3 is 14.2 Å². The van der Waals surface area contributed by atoms with Crippen molar-refractivity contribution in [3.05, 3.63) is 23.8 Å². The van der Waals surface area contributed by atoms with E-state index in [1.54, 1.807) is 21.3 Å². The first-order valence-electron chi connectivity index (χ1n) is 4.47. The third kappa shape index (κ3) is 2.17. The van der Waals surface area contributed by atoms with Crippen molar-refractivity contribution in [1.82, 2.24) is 0 Å². The van der Waals surface area contributed by atoms with Gasteiger partial charge in [0.05, 0.1) is 20.3 Å². The van der Waals surface area contributed by atoms with Gasteiger partial charge in [-0.25, -0.2) is 0 Å². The molecule has 0 aromatic heterocycles. The van der Waals surface area contributed by atoms with E-state index >= 15 is 0 Å². The van der Waals surface area contributed by atoms with Crippen LogP contribution in [0.2, 0.25) is 0 Å². The van der Waals surface area contributed by atoms with Crippen LogP contribution in [0.15, 0.2) is 18.2 Å². The summed E-state index contributed by atoms with van der Waals surface area (Å²) in [7, 11) is 4.95. The van der Waals surface area contributed by atoms with E-state index < -0.39 is 0 Å². The lowest BCUT2D eigenvalue weighted by Crippen LogP contribution is -1.99. The summed E-state index contributed by atoms with van der Waals surface area (Å²) in [6.07, 6.45) is 0.0239. The minimum absolute atomic E-state index is 0.0239. The third-order valence-corrected chi connectivity index (χ3v) is 2.23. The zero-order valence-corrected chi connectivity index (χ0v) is 9.03. The number of hydrogen-bond acceptors (Lipinski definition) is 3. The van der Waals surface area contributed by atoms with Crippen LogP contribution >= 0.6 is 0 Å². The van der Waals surface area contributed by atoms with Gasteiger partial charge in [0.2, 0.25) is 0 Å². The first kappa shape index (κ1) is 10.9. The molecule has 1 rings (SSSR count). The van der Waals surface area contributed by atoms with Gasteiger partial charge in [0, 0.05) is 18.7 Å². The molecule has 0 aliphatic carbocycles. The molecule has 1 unspecified atom stereocenters. The van der Waals surface area contributed by atoms with Gasteiger partial charge in [0.15, 0.2) is 0 Å². The maximum atomic E-state index is 5.25. The molecule has 0 saturated heterocycles. The van der Waals surface area contributed by atoms with Crippen LogP contribution in [0.3, 0.4) is 0 Å². The summed E-state index contributed by atoms with van der Waals surface area (Å²) in [6.45, 7) is 1.98. The summed E-state index contributed by atoms with van der Waals surface area (Å²) in [6, 6.07) is 5.70. The van der Waals surface area contributed by atoms with Crippen LogP contribution in [-0.4, -0.2) is 21.3 Å². The smallest absolute Gasteiger partial charge is 0.128 e. The Morgan fingerprint density at radius 2 is 1.79 bits per heavy atom. The molecule has 1 atom stereocenters. The topological polar surface area (TPSA) is 27.7 Å². The van der Waals surface area contributed by atoms with Gasteiger partial charge in [-0.2, -0.15) is 0 Å². The molecule has 1 aromatic carbocycles. The van der Waals surface area contributed by atoms with Crippen molar-refractivity contribution in [1.29, 1.82) is 0 Å². The summed E-state index contributed by atoms with van der Waals surface area (Å²) in [5.74, 6) is 1.58. The molecule has 1 aromatic rings. The quantitative estimate of drug-likeness (QED) is 0.740. The van der Waals surface area contributed by atoms with Gasteiger partial charge in [-0.3, -0.25) is 0 Å². The summed E-state index contributed by atoms with van der Waals surface area (Å²) in [5.41, 5.74) is 1.02. The Balaban J connectivity index is 3.04. The second-order valence-electron chi connectivity index (χ2n) is 2.99. The van der Waals surface area contributed by atoms with E-state index in [2.05, 4.69) is 0 Å². The molecule has 0 spiro atoms. The lowest BCUT2D eigenvalue weighted by Gasteiger charge is -2.14. The van der Waals surface area contributed by atoms with E-state index in [9.17, 15) is 0 Å². The Morgan fingerprint density at radius 1 is 1.07 bits per heavy atom. The van der Waals surface area contributed by atoms with Gasteiger partial charge in [-0.1, -0.05) is 0 Å². The van der Waals surface area contributed by atoms with Crippen molar-refractivity contribution in [2.45, 2.75) is 13.0 Å². The van der Waals surface area contributed by atoms with E-state index in [4.69, 9.17) is 14.2 Å². The average molecular weight is 196 g/mol. The zero-order valence-electron chi connectivity index (χ0n) is 9.03. The predicted molar refractivity (Wildman–Crippen MR) is 55.0 cm³/mol. The lowest BCUT2D eigenvalue weighted by molar-refractivity contribution is 0.117. The van der Waals surface area contributed by atoms with Crippen molar-refractivity contribution in [2.24, 2.45) is 0 Å². The molecule has 14 heavy (non-hydrogen) atoms. The summed E-state index contributed by atoms with van der Waals surface area (Å²) < 4.78 is 15.6. The van der Waals surface area contributed by atoms with Gasteiger partial charge in [-0.05, 0) is 19.1 Å². The van der Waals surface area contributed by atoms with Gasteiger partial charge >= 0.3 is 0 Å². The van der Waals surface area contributed by atoms with Crippen molar-refractivity contribution >= 4 is 0 Å².